The maximum atomic E-state index is 12.1. The number of hydrogen-bond donors (Lipinski definition) is 3. The number of carbonyl (C=O) groups excluding carboxylic acids is 2. The molecule has 0 radical (unpaired) electrons. The summed E-state index contributed by atoms with van der Waals surface area (Å²) in [4.78, 5) is 27.0. The van der Waals surface area contributed by atoms with E-state index in [0.29, 0.717) is 6.54 Å². The van der Waals surface area contributed by atoms with E-state index in [2.05, 4.69) is 10.6 Å². The molecule has 2 aromatic rings. The highest BCUT2D eigenvalue weighted by molar-refractivity contribution is 7.09. The lowest BCUT2D eigenvalue weighted by Gasteiger charge is -2.31. The van der Waals surface area contributed by atoms with E-state index in [9.17, 15) is 9.59 Å². The molecule has 25 heavy (non-hydrogen) atoms. The van der Waals surface area contributed by atoms with Gasteiger partial charge >= 0.3 is 6.03 Å². The van der Waals surface area contributed by atoms with Crippen molar-refractivity contribution in [1.82, 2.24) is 10.6 Å². The summed E-state index contributed by atoms with van der Waals surface area (Å²) in [7, 11) is 0. The Morgan fingerprint density at radius 2 is 2.08 bits per heavy atom. The van der Waals surface area contributed by atoms with Gasteiger partial charge in [-0.2, -0.15) is 0 Å². The predicted octanol–water partition coefficient (Wildman–Crippen LogP) is 2.53. The van der Waals surface area contributed by atoms with E-state index in [0.717, 1.165) is 41.2 Å². The number of rotatable bonds is 4. The highest BCUT2D eigenvalue weighted by atomic mass is 35.5. The molecule has 6 nitrogen and oxygen atoms in total. The van der Waals surface area contributed by atoms with Crippen LogP contribution < -0.4 is 21.3 Å². The first kappa shape index (κ1) is 19.1. The largest absolute Gasteiger partial charge is 0.398 e. The van der Waals surface area contributed by atoms with Crippen molar-refractivity contribution in [1.29, 1.82) is 0 Å². The lowest BCUT2D eigenvalue weighted by atomic mass is 10.00. The second-order valence-corrected chi connectivity index (χ2v) is 6.71. The number of halogens is 1. The molecule has 0 atom stereocenters. The second kappa shape index (κ2) is 8.73. The highest BCUT2D eigenvalue weighted by Crippen LogP contribution is 2.30. The van der Waals surface area contributed by atoms with Gasteiger partial charge < -0.3 is 16.0 Å². The fourth-order valence-corrected chi connectivity index (χ4v) is 3.50. The van der Waals surface area contributed by atoms with E-state index in [1.165, 1.54) is 0 Å². The zero-order valence-corrected chi connectivity index (χ0v) is 15.3. The number of urea groups is 1. The Bertz CT molecular complexity index is 736. The number of anilines is 2. The summed E-state index contributed by atoms with van der Waals surface area (Å²) in [6, 6.07) is 9.11. The Morgan fingerprint density at radius 3 is 2.84 bits per heavy atom. The van der Waals surface area contributed by atoms with Gasteiger partial charge in [0.25, 0.3) is 0 Å². The van der Waals surface area contributed by atoms with Crippen molar-refractivity contribution >= 4 is 47.1 Å². The van der Waals surface area contributed by atoms with Gasteiger partial charge in [-0.1, -0.05) is 12.1 Å². The molecule has 4 N–H and O–H groups in total. The van der Waals surface area contributed by atoms with Crippen LogP contribution in [0.4, 0.5) is 16.2 Å². The van der Waals surface area contributed by atoms with Gasteiger partial charge in [-0.3, -0.25) is 10.1 Å². The maximum absolute atomic E-state index is 12.1. The Hall–Kier alpha value is -2.25. The number of carbonyl (C=O) groups is 2. The Kier molecular flexibility index (Phi) is 6.66. The molecule has 0 bridgehead atoms. The number of thiophene rings is 1. The van der Waals surface area contributed by atoms with E-state index in [1.807, 2.05) is 40.6 Å². The van der Waals surface area contributed by atoms with Crippen molar-refractivity contribution in [2.75, 3.05) is 23.7 Å². The van der Waals surface area contributed by atoms with E-state index in [4.69, 9.17) is 5.73 Å². The SMILES string of the molecule is Cl.Nc1cccc2c1CCCN2CC(=O)NC(=O)NCc1cccs1. The van der Waals surface area contributed by atoms with Crippen LogP contribution in [0, 0.1) is 0 Å². The molecule has 0 unspecified atom stereocenters. The van der Waals surface area contributed by atoms with Gasteiger partial charge in [0.05, 0.1) is 13.1 Å². The molecule has 134 valence electrons. The molecule has 1 aromatic carbocycles. The van der Waals surface area contributed by atoms with E-state index < -0.39 is 6.03 Å². The van der Waals surface area contributed by atoms with Gasteiger partial charge in [0.1, 0.15) is 0 Å². The van der Waals surface area contributed by atoms with Crippen LogP contribution >= 0.6 is 23.7 Å². The third-order valence-electron chi connectivity index (χ3n) is 3.97. The quantitative estimate of drug-likeness (QED) is 0.711. The number of nitrogens with one attached hydrogen (secondary N) is 2. The summed E-state index contributed by atoms with van der Waals surface area (Å²) in [6.07, 6.45) is 1.86. The summed E-state index contributed by atoms with van der Waals surface area (Å²) in [5.74, 6) is -0.325. The molecule has 2 heterocycles. The zero-order valence-electron chi connectivity index (χ0n) is 13.7. The molecular formula is C17H21ClN4O2S. The number of fused-ring (bicyclic) bond motifs is 1. The molecule has 0 saturated heterocycles. The molecule has 0 saturated carbocycles. The monoisotopic (exact) mass is 380 g/mol. The Labute approximate surface area is 156 Å². The lowest BCUT2D eigenvalue weighted by molar-refractivity contribution is -0.118. The van der Waals surface area contributed by atoms with Gasteiger partial charge in [-0.15, -0.1) is 23.7 Å². The number of nitrogens with zero attached hydrogens (tertiary/aromatic N) is 1. The minimum atomic E-state index is -0.474. The zero-order chi connectivity index (χ0) is 16.9. The van der Waals surface area contributed by atoms with Crippen LogP contribution in [0.15, 0.2) is 35.7 Å². The van der Waals surface area contributed by atoms with Crippen LogP contribution in [0.3, 0.4) is 0 Å². The Morgan fingerprint density at radius 1 is 1.24 bits per heavy atom. The lowest BCUT2D eigenvalue weighted by Crippen LogP contribution is -2.45. The summed E-state index contributed by atoms with van der Waals surface area (Å²) in [5, 5.41) is 7.00. The summed E-state index contributed by atoms with van der Waals surface area (Å²) in [6.45, 7) is 1.34. The van der Waals surface area contributed by atoms with Crippen LogP contribution in [-0.4, -0.2) is 25.0 Å². The van der Waals surface area contributed by atoms with Crippen LogP contribution in [0.5, 0.6) is 0 Å². The molecule has 0 aliphatic carbocycles. The normalized spacial score (nSPS) is 12.7. The van der Waals surface area contributed by atoms with Crippen LogP contribution in [0.25, 0.3) is 0 Å². The van der Waals surface area contributed by atoms with Crippen molar-refractivity contribution in [3.63, 3.8) is 0 Å². The number of benzene rings is 1. The third-order valence-corrected chi connectivity index (χ3v) is 4.85. The van der Waals surface area contributed by atoms with Crippen molar-refractivity contribution < 1.29 is 9.59 Å². The molecule has 1 aromatic heterocycles. The molecule has 8 heteroatoms. The average molecular weight is 381 g/mol. The number of imide groups is 1. The van der Waals surface area contributed by atoms with E-state index >= 15 is 0 Å². The molecule has 0 fully saturated rings. The summed E-state index contributed by atoms with van der Waals surface area (Å²) in [5.41, 5.74) is 8.83. The van der Waals surface area contributed by atoms with Crippen molar-refractivity contribution in [3.05, 3.63) is 46.2 Å². The van der Waals surface area contributed by atoms with Crippen molar-refractivity contribution in [2.24, 2.45) is 0 Å². The predicted molar refractivity (Wildman–Crippen MR) is 103 cm³/mol. The number of hydrogen-bond acceptors (Lipinski definition) is 5. The first-order valence-corrected chi connectivity index (χ1v) is 8.74. The first-order valence-electron chi connectivity index (χ1n) is 7.86. The van der Waals surface area contributed by atoms with Crippen LogP contribution in [0.2, 0.25) is 0 Å². The molecular weight excluding hydrogens is 360 g/mol. The van der Waals surface area contributed by atoms with Gasteiger partial charge in [0.2, 0.25) is 5.91 Å². The summed E-state index contributed by atoms with van der Waals surface area (Å²) >= 11 is 1.56. The fraction of sp³-hybridized carbons (Fsp3) is 0.294. The minimum absolute atomic E-state index is 0. The van der Waals surface area contributed by atoms with Gasteiger partial charge in [-0.25, -0.2) is 4.79 Å². The fourth-order valence-electron chi connectivity index (χ4n) is 2.86. The van der Waals surface area contributed by atoms with Gasteiger partial charge in [0.15, 0.2) is 0 Å². The molecule has 0 spiro atoms. The highest BCUT2D eigenvalue weighted by Gasteiger charge is 2.21. The Balaban J connectivity index is 0.00000225. The number of amides is 3. The number of nitrogen functional groups attached to an aromatic ring is 1. The van der Waals surface area contributed by atoms with Gasteiger partial charge in [0, 0.05) is 22.8 Å². The van der Waals surface area contributed by atoms with E-state index in [1.54, 1.807) is 11.3 Å². The van der Waals surface area contributed by atoms with Crippen LogP contribution in [-0.2, 0) is 17.8 Å². The minimum Gasteiger partial charge on any atom is -0.398 e. The van der Waals surface area contributed by atoms with Gasteiger partial charge in [-0.05, 0) is 42.0 Å². The third kappa shape index (κ3) is 4.87. The smallest absolute Gasteiger partial charge is 0.321 e. The topological polar surface area (TPSA) is 87.5 Å². The van der Waals surface area contributed by atoms with Crippen molar-refractivity contribution in [3.8, 4) is 0 Å². The summed E-state index contributed by atoms with van der Waals surface area (Å²) < 4.78 is 0. The van der Waals surface area contributed by atoms with Crippen molar-refractivity contribution in [2.45, 2.75) is 19.4 Å². The molecule has 1 aliphatic rings. The standard InChI is InChI=1S/C17H20N4O2S.ClH/c18-14-6-1-7-15-13(14)5-2-8-21(15)11-16(22)20-17(23)19-10-12-4-3-9-24-12;/h1,3-4,6-7,9H,2,5,8,10-11,18H2,(H2,19,20,22,23);1H. The molecule has 3 amide bonds. The average Bonchev–Trinajstić information content (AvgIpc) is 3.07. The first-order chi connectivity index (χ1) is 11.6. The van der Waals surface area contributed by atoms with E-state index in [-0.39, 0.29) is 24.9 Å². The second-order valence-electron chi connectivity index (χ2n) is 5.68. The molecule has 1 aliphatic heterocycles. The van der Waals surface area contributed by atoms with Crippen LogP contribution in [0.1, 0.15) is 16.9 Å². The maximum Gasteiger partial charge on any atom is 0.321 e. The molecule has 3 rings (SSSR count). The number of nitrogens with two attached hydrogens (primary N) is 1.